The van der Waals surface area contributed by atoms with E-state index in [-0.39, 0.29) is 13.0 Å². The zero-order chi connectivity index (χ0) is 9.14. The first-order valence-electron chi connectivity index (χ1n) is 3.58. The molecule has 1 fully saturated rings. The molecule has 0 aromatic carbocycles. The van der Waals surface area contributed by atoms with Gasteiger partial charge in [-0.1, -0.05) is 15.9 Å². The predicted octanol–water partition coefficient (Wildman–Crippen LogP) is 0.842. The van der Waals surface area contributed by atoms with E-state index in [9.17, 15) is 9.18 Å². The molecule has 3 atom stereocenters. The maximum absolute atomic E-state index is 12.8. The third-order valence-corrected chi connectivity index (χ3v) is 2.61. The number of carbonyl (C=O) groups excluding carboxylic acids is 1. The van der Waals surface area contributed by atoms with Crippen molar-refractivity contribution in [3.8, 4) is 6.07 Å². The van der Waals surface area contributed by atoms with Crippen LogP contribution in [0.1, 0.15) is 6.42 Å². The summed E-state index contributed by atoms with van der Waals surface area (Å²) < 4.78 is 12.8. The SMILES string of the molecule is N#CC1CC(F)CN1C(Br)C=O. The second-order valence-electron chi connectivity index (χ2n) is 2.68. The third-order valence-electron chi connectivity index (χ3n) is 1.87. The lowest BCUT2D eigenvalue weighted by atomic mass is 10.2. The first kappa shape index (κ1) is 9.62. The number of hydrogen-bond acceptors (Lipinski definition) is 3. The Labute approximate surface area is 78.3 Å². The number of hydrogen-bond donors (Lipinski definition) is 0. The Morgan fingerprint density at radius 3 is 3.00 bits per heavy atom. The molecule has 1 saturated heterocycles. The smallest absolute Gasteiger partial charge is 0.148 e. The number of aldehydes is 1. The first-order valence-corrected chi connectivity index (χ1v) is 4.49. The van der Waals surface area contributed by atoms with Crippen LogP contribution in [-0.2, 0) is 4.79 Å². The highest BCUT2D eigenvalue weighted by molar-refractivity contribution is 9.09. The summed E-state index contributed by atoms with van der Waals surface area (Å²) >= 11 is 3.05. The van der Waals surface area contributed by atoms with Gasteiger partial charge in [-0.3, -0.25) is 4.90 Å². The van der Waals surface area contributed by atoms with Gasteiger partial charge in [0.15, 0.2) is 0 Å². The van der Waals surface area contributed by atoms with Crippen LogP contribution in [0, 0.1) is 11.3 Å². The van der Waals surface area contributed by atoms with Crippen LogP contribution in [0.25, 0.3) is 0 Å². The summed E-state index contributed by atoms with van der Waals surface area (Å²) in [6, 6.07) is 1.48. The summed E-state index contributed by atoms with van der Waals surface area (Å²) in [6.07, 6.45) is -0.135. The zero-order valence-corrected chi connectivity index (χ0v) is 7.87. The van der Waals surface area contributed by atoms with Crippen LogP contribution in [0.5, 0.6) is 0 Å². The van der Waals surface area contributed by atoms with E-state index >= 15 is 0 Å². The minimum atomic E-state index is -0.991. The topological polar surface area (TPSA) is 44.1 Å². The molecule has 1 rings (SSSR count). The van der Waals surface area contributed by atoms with Crippen LogP contribution >= 0.6 is 15.9 Å². The summed E-state index contributed by atoms with van der Waals surface area (Å²) in [7, 11) is 0. The predicted molar refractivity (Wildman–Crippen MR) is 44.4 cm³/mol. The summed E-state index contributed by atoms with van der Waals surface area (Å²) in [6.45, 7) is 0.160. The lowest BCUT2D eigenvalue weighted by Crippen LogP contribution is -2.35. The van der Waals surface area contributed by atoms with Crippen LogP contribution in [0.15, 0.2) is 0 Å². The second kappa shape index (κ2) is 3.97. The van der Waals surface area contributed by atoms with Gasteiger partial charge in [0, 0.05) is 13.0 Å². The minimum absolute atomic E-state index is 0.160. The largest absolute Gasteiger partial charge is 0.301 e. The maximum Gasteiger partial charge on any atom is 0.148 e. The molecule has 5 heteroatoms. The van der Waals surface area contributed by atoms with Gasteiger partial charge in [-0.15, -0.1) is 0 Å². The maximum atomic E-state index is 12.8. The van der Waals surface area contributed by atoms with Gasteiger partial charge in [0.25, 0.3) is 0 Å². The van der Waals surface area contributed by atoms with Gasteiger partial charge in [-0.2, -0.15) is 5.26 Å². The zero-order valence-electron chi connectivity index (χ0n) is 6.28. The third kappa shape index (κ3) is 1.82. The lowest BCUT2D eigenvalue weighted by molar-refractivity contribution is -0.109. The highest BCUT2D eigenvalue weighted by Crippen LogP contribution is 2.23. The van der Waals surface area contributed by atoms with Crippen molar-refractivity contribution in [1.82, 2.24) is 4.90 Å². The molecule has 3 unspecified atom stereocenters. The molecular formula is C7H8BrFN2O. The van der Waals surface area contributed by atoms with E-state index < -0.39 is 17.2 Å². The molecule has 1 heterocycles. The van der Waals surface area contributed by atoms with Gasteiger partial charge in [0.2, 0.25) is 0 Å². The summed E-state index contributed by atoms with van der Waals surface area (Å²) in [5.41, 5.74) is 0. The fourth-order valence-electron chi connectivity index (χ4n) is 1.29. The highest BCUT2D eigenvalue weighted by Gasteiger charge is 2.35. The van der Waals surface area contributed by atoms with Gasteiger partial charge in [-0.05, 0) is 0 Å². The van der Waals surface area contributed by atoms with Gasteiger partial charge in [0.05, 0.1) is 6.07 Å². The highest BCUT2D eigenvalue weighted by atomic mass is 79.9. The molecule has 0 aromatic heterocycles. The Hall–Kier alpha value is -0.470. The quantitative estimate of drug-likeness (QED) is 0.404. The van der Waals surface area contributed by atoms with E-state index in [1.54, 1.807) is 0 Å². The fourth-order valence-corrected chi connectivity index (χ4v) is 1.74. The minimum Gasteiger partial charge on any atom is -0.301 e. The van der Waals surface area contributed by atoms with Crippen LogP contribution < -0.4 is 0 Å². The average molecular weight is 235 g/mol. The van der Waals surface area contributed by atoms with Crippen molar-refractivity contribution in [2.45, 2.75) is 23.6 Å². The number of rotatable bonds is 2. The molecule has 0 amide bonds. The summed E-state index contributed by atoms with van der Waals surface area (Å²) in [5.74, 6) is 0. The molecule has 1 aliphatic heterocycles. The van der Waals surface area contributed by atoms with E-state index in [0.717, 1.165) is 0 Å². The van der Waals surface area contributed by atoms with E-state index in [2.05, 4.69) is 15.9 Å². The molecule has 0 radical (unpaired) electrons. The van der Waals surface area contributed by atoms with Crippen molar-refractivity contribution in [2.24, 2.45) is 0 Å². The Morgan fingerprint density at radius 2 is 2.50 bits per heavy atom. The van der Waals surface area contributed by atoms with Crippen LogP contribution in [0.3, 0.4) is 0 Å². The molecule has 3 nitrogen and oxygen atoms in total. The van der Waals surface area contributed by atoms with E-state index in [0.29, 0.717) is 6.29 Å². The molecule has 0 aromatic rings. The van der Waals surface area contributed by atoms with E-state index in [1.807, 2.05) is 6.07 Å². The summed E-state index contributed by atoms with van der Waals surface area (Å²) in [4.78, 5) is 11.3. The van der Waals surface area contributed by atoms with Gasteiger partial charge >= 0.3 is 0 Å². The molecule has 0 N–H and O–H groups in total. The monoisotopic (exact) mass is 234 g/mol. The number of alkyl halides is 2. The molecule has 1 aliphatic rings. The second-order valence-corrected chi connectivity index (χ2v) is 3.62. The van der Waals surface area contributed by atoms with Crippen molar-refractivity contribution in [3.63, 3.8) is 0 Å². The first-order chi connectivity index (χ1) is 5.69. The van der Waals surface area contributed by atoms with Crippen molar-refractivity contribution >= 4 is 22.2 Å². The Balaban J connectivity index is 2.64. The summed E-state index contributed by atoms with van der Waals surface area (Å²) in [5, 5.41) is 8.60. The molecular weight excluding hydrogens is 227 g/mol. The van der Waals surface area contributed by atoms with Crippen LogP contribution in [0.4, 0.5) is 4.39 Å². The van der Waals surface area contributed by atoms with Gasteiger partial charge in [0.1, 0.15) is 23.5 Å². The number of halogens is 2. The Kier molecular flexibility index (Phi) is 3.18. The van der Waals surface area contributed by atoms with Crippen molar-refractivity contribution in [1.29, 1.82) is 5.26 Å². The van der Waals surface area contributed by atoms with Gasteiger partial charge in [-0.25, -0.2) is 4.39 Å². The number of nitrogens with zero attached hydrogens (tertiary/aromatic N) is 2. The standard InChI is InChI=1S/C7H8BrFN2O/c8-7(4-12)11-3-5(9)1-6(11)2-10/h4-7H,1,3H2. The van der Waals surface area contributed by atoms with Crippen LogP contribution in [0.2, 0.25) is 0 Å². The number of carbonyl (C=O) groups is 1. The van der Waals surface area contributed by atoms with Gasteiger partial charge < -0.3 is 4.79 Å². The average Bonchev–Trinajstić information content (AvgIpc) is 2.45. The lowest BCUT2D eigenvalue weighted by Gasteiger charge is -2.19. The van der Waals surface area contributed by atoms with Crippen molar-refractivity contribution in [2.75, 3.05) is 6.54 Å². The normalized spacial score (nSPS) is 32.8. The Bertz CT molecular complexity index is 218. The van der Waals surface area contributed by atoms with Crippen LogP contribution in [-0.4, -0.2) is 34.9 Å². The van der Waals surface area contributed by atoms with E-state index in [4.69, 9.17) is 5.26 Å². The molecule has 0 spiro atoms. The molecule has 66 valence electrons. The molecule has 12 heavy (non-hydrogen) atoms. The Morgan fingerprint density at radius 1 is 1.83 bits per heavy atom. The molecule has 0 saturated carbocycles. The molecule has 0 bridgehead atoms. The molecule has 0 aliphatic carbocycles. The number of likely N-dealkylation sites (tertiary alicyclic amines) is 1. The van der Waals surface area contributed by atoms with Crippen molar-refractivity contribution < 1.29 is 9.18 Å². The van der Waals surface area contributed by atoms with E-state index in [1.165, 1.54) is 4.90 Å². The number of nitriles is 1. The fraction of sp³-hybridized carbons (Fsp3) is 0.714. The van der Waals surface area contributed by atoms with Crippen molar-refractivity contribution in [3.05, 3.63) is 0 Å².